The second-order valence-corrected chi connectivity index (χ2v) is 6.73. The van der Waals surface area contributed by atoms with Gasteiger partial charge in [0.2, 0.25) is 0 Å². The van der Waals surface area contributed by atoms with Crippen LogP contribution in [0.3, 0.4) is 0 Å². The van der Waals surface area contributed by atoms with Gasteiger partial charge in [-0.1, -0.05) is 12.1 Å². The quantitative estimate of drug-likeness (QED) is 0.856. The molecular formula is C18H22BrN2O2+. The van der Waals surface area contributed by atoms with Gasteiger partial charge in [0.05, 0.1) is 43.4 Å². The molecule has 0 spiro atoms. The van der Waals surface area contributed by atoms with Crippen molar-refractivity contribution in [2.75, 3.05) is 38.2 Å². The van der Waals surface area contributed by atoms with E-state index in [-0.39, 0.29) is 0 Å². The molecule has 23 heavy (non-hydrogen) atoms. The molecule has 0 aromatic heterocycles. The topological polar surface area (TPSA) is 37.1 Å². The Kier molecular flexibility index (Phi) is 5.08. The molecular weight excluding hydrogens is 356 g/mol. The number of hydrogen-bond donors (Lipinski definition) is 2. The number of nitrogens with zero attached hydrogens (tertiary/aromatic N) is 1. The molecule has 0 bridgehead atoms. The first-order chi connectivity index (χ1) is 11.2. The molecule has 2 aromatic rings. The fraction of sp³-hybridized carbons (Fsp3) is 0.333. The lowest BCUT2D eigenvalue weighted by Gasteiger charge is -2.34. The summed E-state index contributed by atoms with van der Waals surface area (Å²) in [7, 11) is 1.68. The Hall–Kier alpha value is -1.72. The van der Waals surface area contributed by atoms with E-state index >= 15 is 0 Å². The minimum Gasteiger partial charge on any atom is -0.506 e. The Bertz CT molecular complexity index is 670. The van der Waals surface area contributed by atoms with Gasteiger partial charge < -0.3 is 19.6 Å². The van der Waals surface area contributed by atoms with Gasteiger partial charge in [0.15, 0.2) is 0 Å². The molecule has 1 heterocycles. The van der Waals surface area contributed by atoms with Gasteiger partial charge in [0, 0.05) is 5.56 Å². The molecule has 0 aliphatic carbocycles. The minimum atomic E-state index is 0.370. The van der Waals surface area contributed by atoms with Crippen molar-refractivity contribution in [3.05, 3.63) is 52.5 Å². The number of anilines is 1. The van der Waals surface area contributed by atoms with Crippen molar-refractivity contribution in [1.82, 2.24) is 0 Å². The highest BCUT2D eigenvalue weighted by Gasteiger charge is 2.22. The number of phenolic OH excluding ortho intramolecular Hbond substituents is 1. The van der Waals surface area contributed by atoms with Crippen LogP contribution in [0.2, 0.25) is 0 Å². The third-order valence-corrected chi connectivity index (χ3v) is 4.98. The van der Waals surface area contributed by atoms with E-state index in [1.807, 2.05) is 24.3 Å². The smallest absolute Gasteiger partial charge is 0.138 e. The van der Waals surface area contributed by atoms with Crippen molar-refractivity contribution in [1.29, 1.82) is 0 Å². The third kappa shape index (κ3) is 3.79. The molecule has 2 N–H and O–H groups in total. The maximum atomic E-state index is 9.98. The molecule has 0 unspecified atom stereocenters. The van der Waals surface area contributed by atoms with Crippen molar-refractivity contribution in [3.63, 3.8) is 0 Å². The molecule has 1 aliphatic heterocycles. The first-order valence-corrected chi connectivity index (χ1v) is 8.65. The van der Waals surface area contributed by atoms with E-state index in [9.17, 15) is 5.11 Å². The van der Waals surface area contributed by atoms with Crippen molar-refractivity contribution in [3.8, 4) is 11.5 Å². The molecule has 2 aromatic carbocycles. The predicted octanol–water partition coefficient (Wildman–Crippen LogP) is 2.07. The van der Waals surface area contributed by atoms with Crippen LogP contribution in [0, 0.1) is 0 Å². The molecule has 0 saturated carbocycles. The zero-order valence-corrected chi connectivity index (χ0v) is 14.8. The van der Waals surface area contributed by atoms with Crippen LogP contribution >= 0.6 is 15.9 Å². The Labute approximate surface area is 145 Å². The van der Waals surface area contributed by atoms with E-state index in [2.05, 4.69) is 33.0 Å². The van der Waals surface area contributed by atoms with Crippen molar-refractivity contribution in [2.24, 2.45) is 0 Å². The van der Waals surface area contributed by atoms with Crippen LogP contribution in [-0.2, 0) is 6.54 Å². The van der Waals surface area contributed by atoms with Gasteiger partial charge in [-0.15, -0.1) is 0 Å². The summed E-state index contributed by atoms with van der Waals surface area (Å²) in [6.07, 6.45) is 0. The third-order valence-electron chi connectivity index (χ3n) is 4.36. The van der Waals surface area contributed by atoms with Crippen LogP contribution in [0.25, 0.3) is 0 Å². The summed E-state index contributed by atoms with van der Waals surface area (Å²) >= 11 is 3.55. The first-order valence-electron chi connectivity index (χ1n) is 7.86. The van der Waals surface area contributed by atoms with Crippen LogP contribution < -0.4 is 14.5 Å². The Morgan fingerprint density at radius 2 is 1.91 bits per heavy atom. The van der Waals surface area contributed by atoms with Crippen LogP contribution in [-0.4, -0.2) is 38.4 Å². The number of ether oxygens (including phenoxy) is 1. The Morgan fingerprint density at radius 1 is 1.17 bits per heavy atom. The average molecular weight is 378 g/mol. The zero-order chi connectivity index (χ0) is 16.2. The second kappa shape index (κ2) is 7.23. The molecule has 1 aliphatic rings. The molecule has 4 nitrogen and oxygen atoms in total. The van der Waals surface area contributed by atoms with Gasteiger partial charge in [-0.2, -0.15) is 0 Å². The van der Waals surface area contributed by atoms with Crippen LogP contribution in [0.1, 0.15) is 5.56 Å². The van der Waals surface area contributed by atoms with Crippen LogP contribution in [0.15, 0.2) is 46.9 Å². The molecule has 0 atom stereocenters. The molecule has 1 saturated heterocycles. The highest BCUT2D eigenvalue weighted by molar-refractivity contribution is 9.10. The number of quaternary nitrogens is 1. The number of methoxy groups -OCH3 is 1. The highest BCUT2D eigenvalue weighted by atomic mass is 79.9. The summed E-state index contributed by atoms with van der Waals surface area (Å²) in [5.74, 6) is 1.24. The molecule has 5 heteroatoms. The Morgan fingerprint density at radius 3 is 2.57 bits per heavy atom. The van der Waals surface area contributed by atoms with E-state index in [0.717, 1.165) is 48.6 Å². The van der Waals surface area contributed by atoms with E-state index in [1.54, 1.807) is 18.1 Å². The summed E-state index contributed by atoms with van der Waals surface area (Å²) in [5.41, 5.74) is 2.25. The fourth-order valence-corrected chi connectivity index (χ4v) is 3.67. The van der Waals surface area contributed by atoms with Crippen LogP contribution in [0.4, 0.5) is 5.69 Å². The van der Waals surface area contributed by atoms with E-state index in [0.29, 0.717) is 5.75 Å². The van der Waals surface area contributed by atoms with Crippen LogP contribution in [0.5, 0.6) is 11.5 Å². The molecule has 0 amide bonds. The number of phenols is 1. The SMILES string of the molecule is COc1ccc(C[NH+]2CCN(c3ccccc3O)CC2)cc1Br. The van der Waals surface area contributed by atoms with Crippen molar-refractivity contribution >= 4 is 21.6 Å². The summed E-state index contributed by atoms with van der Waals surface area (Å²) in [5, 5.41) is 9.98. The molecule has 122 valence electrons. The van der Waals surface area contributed by atoms with E-state index < -0.39 is 0 Å². The number of hydrogen-bond acceptors (Lipinski definition) is 3. The zero-order valence-electron chi connectivity index (χ0n) is 13.3. The predicted molar refractivity (Wildman–Crippen MR) is 95.4 cm³/mol. The molecule has 0 radical (unpaired) electrons. The number of para-hydroxylation sites is 2. The van der Waals surface area contributed by atoms with E-state index in [1.165, 1.54) is 5.56 Å². The van der Waals surface area contributed by atoms with E-state index in [4.69, 9.17) is 4.74 Å². The lowest BCUT2D eigenvalue weighted by Crippen LogP contribution is -3.13. The number of piperazine rings is 1. The summed E-state index contributed by atoms with van der Waals surface area (Å²) in [4.78, 5) is 3.83. The van der Waals surface area contributed by atoms with Crippen molar-refractivity contribution < 1.29 is 14.7 Å². The number of aromatic hydroxyl groups is 1. The largest absolute Gasteiger partial charge is 0.506 e. The number of rotatable bonds is 4. The van der Waals surface area contributed by atoms with Gasteiger partial charge in [-0.25, -0.2) is 0 Å². The molecule has 3 rings (SSSR count). The van der Waals surface area contributed by atoms with Gasteiger partial charge >= 0.3 is 0 Å². The molecule has 1 fully saturated rings. The van der Waals surface area contributed by atoms with Gasteiger partial charge in [-0.3, -0.25) is 0 Å². The number of benzene rings is 2. The minimum absolute atomic E-state index is 0.370. The maximum Gasteiger partial charge on any atom is 0.138 e. The van der Waals surface area contributed by atoms with Gasteiger partial charge in [0.1, 0.15) is 18.0 Å². The fourth-order valence-electron chi connectivity index (χ4n) is 3.08. The standard InChI is InChI=1S/C18H21BrN2O2/c1-23-18-7-6-14(12-15(18)19)13-20-8-10-21(11-9-20)16-4-2-3-5-17(16)22/h2-7,12,22H,8-11,13H2,1H3/p+1. The Balaban J connectivity index is 1.59. The summed E-state index contributed by atoms with van der Waals surface area (Å²) in [6.45, 7) is 5.07. The van der Waals surface area contributed by atoms with Gasteiger partial charge in [0.25, 0.3) is 0 Å². The van der Waals surface area contributed by atoms with Gasteiger partial charge in [-0.05, 0) is 46.3 Å². The summed E-state index contributed by atoms with van der Waals surface area (Å²) in [6, 6.07) is 13.9. The lowest BCUT2D eigenvalue weighted by atomic mass is 10.1. The second-order valence-electron chi connectivity index (χ2n) is 5.87. The highest BCUT2D eigenvalue weighted by Crippen LogP contribution is 2.26. The average Bonchev–Trinajstić information content (AvgIpc) is 2.56. The maximum absolute atomic E-state index is 9.98. The number of nitrogens with one attached hydrogen (secondary N) is 1. The first kappa shape index (κ1) is 16.1. The lowest BCUT2D eigenvalue weighted by molar-refractivity contribution is -0.914. The van der Waals surface area contributed by atoms with Crippen molar-refractivity contribution in [2.45, 2.75) is 6.54 Å². The normalized spacial score (nSPS) is 15.7. The number of halogens is 1. The summed E-state index contributed by atoms with van der Waals surface area (Å²) < 4.78 is 6.28. The monoisotopic (exact) mass is 377 g/mol.